The lowest BCUT2D eigenvalue weighted by molar-refractivity contribution is 0.112. The van der Waals surface area contributed by atoms with Crippen LogP contribution in [0.25, 0.3) is 0 Å². The maximum atomic E-state index is 9.06. The van der Waals surface area contributed by atoms with Crippen molar-refractivity contribution in [1.29, 1.82) is 0 Å². The number of aliphatic hydroxyl groups excluding tert-OH is 2. The molecule has 0 bridgehead atoms. The van der Waals surface area contributed by atoms with Crippen molar-refractivity contribution in [1.82, 2.24) is 0 Å². The fourth-order valence-corrected chi connectivity index (χ4v) is 2.35. The van der Waals surface area contributed by atoms with Crippen molar-refractivity contribution in [3.8, 4) is 0 Å². The van der Waals surface area contributed by atoms with Crippen molar-refractivity contribution in [2.45, 2.75) is 89.5 Å². The summed E-state index contributed by atoms with van der Waals surface area (Å²) in [5, 5.41) is 18.1. The van der Waals surface area contributed by atoms with Gasteiger partial charge in [0.1, 0.15) is 0 Å². The molecule has 0 aliphatic rings. The second kappa shape index (κ2) is 15.6. The number of aliphatic hydroxyl groups is 2. The summed E-state index contributed by atoms with van der Waals surface area (Å²) in [5.74, 6) is 0. The van der Waals surface area contributed by atoms with E-state index in [1.165, 1.54) is 57.8 Å². The summed E-state index contributed by atoms with van der Waals surface area (Å²) >= 11 is 0. The Morgan fingerprint density at radius 1 is 0.700 bits per heavy atom. The first-order valence-corrected chi connectivity index (χ1v) is 8.19. The van der Waals surface area contributed by atoms with Crippen LogP contribution in [0.15, 0.2) is 0 Å². The van der Waals surface area contributed by atoms with E-state index >= 15 is 0 Å². The van der Waals surface area contributed by atoms with Crippen LogP contribution < -0.4 is 5.73 Å². The SMILES string of the molecule is CCCCCCCCCCCCCC(N)(CO)CO.Cl. The van der Waals surface area contributed by atoms with E-state index in [1.807, 2.05) is 0 Å². The molecule has 0 unspecified atom stereocenters. The summed E-state index contributed by atoms with van der Waals surface area (Å²) in [4.78, 5) is 0. The van der Waals surface area contributed by atoms with Gasteiger partial charge in [0.15, 0.2) is 0 Å². The molecule has 0 radical (unpaired) electrons. The summed E-state index contributed by atoms with van der Waals surface area (Å²) in [6.45, 7) is 2.01. The third kappa shape index (κ3) is 13.2. The summed E-state index contributed by atoms with van der Waals surface area (Å²) in [6, 6.07) is 0. The maximum absolute atomic E-state index is 9.06. The van der Waals surface area contributed by atoms with Gasteiger partial charge < -0.3 is 15.9 Å². The van der Waals surface area contributed by atoms with Crippen LogP contribution in [0.5, 0.6) is 0 Å². The van der Waals surface area contributed by atoms with Crippen LogP contribution in [0.4, 0.5) is 0 Å². The molecular formula is C16H36ClNO2. The minimum Gasteiger partial charge on any atom is -0.394 e. The summed E-state index contributed by atoms with van der Waals surface area (Å²) in [6.07, 6.45) is 15.1. The predicted molar refractivity (Wildman–Crippen MR) is 89.4 cm³/mol. The zero-order valence-corrected chi connectivity index (χ0v) is 14.1. The third-order valence-corrected chi connectivity index (χ3v) is 3.91. The summed E-state index contributed by atoms with van der Waals surface area (Å²) in [5.41, 5.74) is 5.05. The molecule has 3 nitrogen and oxygen atoms in total. The normalized spacial score (nSPS) is 11.4. The minimum atomic E-state index is -0.765. The van der Waals surface area contributed by atoms with E-state index in [0.717, 1.165) is 19.3 Å². The summed E-state index contributed by atoms with van der Waals surface area (Å²) < 4.78 is 0. The lowest BCUT2D eigenvalue weighted by Gasteiger charge is -2.24. The molecule has 0 aromatic rings. The Bertz CT molecular complexity index is 187. The van der Waals surface area contributed by atoms with E-state index in [-0.39, 0.29) is 25.6 Å². The van der Waals surface area contributed by atoms with Gasteiger partial charge in [-0.1, -0.05) is 77.6 Å². The van der Waals surface area contributed by atoms with Crippen molar-refractivity contribution in [3.63, 3.8) is 0 Å². The number of hydrogen-bond acceptors (Lipinski definition) is 3. The first-order chi connectivity index (χ1) is 9.18. The topological polar surface area (TPSA) is 66.5 Å². The van der Waals surface area contributed by atoms with E-state index in [0.29, 0.717) is 0 Å². The van der Waals surface area contributed by atoms with Gasteiger partial charge in [-0.25, -0.2) is 0 Å². The zero-order chi connectivity index (χ0) is 14.4. The Labute approximate surface area is 131 Å². The first kappa shape index (κ1) is 22.5. The number of hydrogen-bond donors (Lipinski definition) is 3. The highest BCUT2D eigenvalue weighted by Crippen LogP contribution is 2.15. The lowest BCUT2D eigenvalue weighted by atomic mass is 9.94. The van der Waals surface area contributed by atoms with Gasteiger partial charge in [0, 0.05) is 0 Å². The zero-order valence-electron chi connectivity index (χ0n) is 13.3. The molecule has 0 rings (SSSR count). The molecule has 0 aliphatic heterocycles. The van der Waals surface area contributed by atoms with Crippen molar-refractivity contribution in [2.75, 3.05) is 13.2 Å². The molecule has 0 saturated heterocycles. The highest BCUT2D eigenvalue weighted by atomic mass is 35.5. The fourth-order valence-electron chi connectivity index (χ4n) is 2.35. The molecule has 4 heteroatoms. The van der Waals surface area contributed by atoms with E-state index in [1.54, 1.807) is 0 Å². The molecule has 0 spiro atoms. The van der Waals surface area contributed by atoms with E-state index in [4.69, 9.17) is 15.9 Å². The monoisotopic (exact) mass is 309 g/mol. The maximum Gasteiger partial charge on any atom is 0.0633 e. The second-order valence-corrected chi connectivity index (χ2v) is 5.96. The van der Waals surface area contributed by atoms with Crippen LogP contribution in [0.1, 0.15) is 84.0 Å². The highest BCUT2D eigenvalue weighted by molar-refractivity contribution is 5.85. The van der Waals surface area contributed by atoms with Crippen molar-refractivity contribution in [3.05, 3.63) is 0 Å². The van der Waals surface area contributed by atoms with Crippen molar-refractivity contribution in [2.24, 2.45) is 5.73 Å². The van der Waals surface area contributed by atoms with Crippen LogP contribution >= 0.6 is 12.4 Å². The molecule has 0 amide bonds. The molecule has 0 aromatic carbocycles. The van der Waals surface area contributed by atoms with Gasteiger partial charge in [-0.15, -0.1) is 12.4 Å². The molecule has 0 aliphatic carbocycles. The van der Waals surface area contributed by atoms with Crippen LogP contribution in [-0.4, -0.2) is 29.0 Å². The Hall–Kier alpha value is 0.170. The molecule has 0 heterocycles. The Kier molecular flexibility index (Phi) is 17.5. The molecule has 0 aromatic heterocycles. The van der Waals surface area contributed by atoms with Crippen LogP contribution in [0, 0.1) is 0 Å². The molecule has 20 heavy (non-hydrogen) atoms. The quantitative estimate of drug-likeness (QED) is 0.428. The average molecular weight is 310 g/mol. The van der Waals surface area contributed by atoms with Gasteiger partial charge >= 0.3 is 0 Å². The molecule has 0 fully saturated rings. The standard InChI is InChI=1S/C16H35NO2.ClH/c1-2-3-4-5-6-7-8-9-10-11-12-13-16(17,14-18)15-19;/h18-19H,2-15,17H2,1H3;1H. The van der Waals surface area contributed by atoms with Gasteiger partial charge in [0.25, 0.3) is 0 Å². The highest BCUT2D eigenvalue weighted by Gasteiger charge is 2.21. The largest absolute Gasteiger partial charge is 0.394 e. The van der Waals surface area contributed by atoms with Crippen LogP contribution in [0.2, 0.25) is 0 Å². The van der Waals surface area contributed by atoms with E-state index in [2.05, 4.69) is 6.92 Å². The molecule has 0 atom stereocenters. The number of rotatable bonds is 14. The van der Waals surface area contributed by atoms with Crippen molar-refractivity contribution >= 4 is 12.4 Å². The van der Waals surface area contributed by atoms with E-state index < -0.39 is 5.54 Å². The molecular weight excluding hydrogens is 274 g/mol. The lowest BCUT2D eigenvalue weighted by Crippen LogP contribution is -2.47. The van der Waals surface area contributed by atoms with E-state index in [9.17, 15) is 0 Å². The number of unbranched alkanes of at least 4 members (excludes halogenated alkanes) is 10. The van der Waals surface area contributed by atoms with Gasteiger partial charge in [0.05, 0.1) is 18.8 Å². The Balaban J connectivity index is 0. The molecule has 4 N–H and O–H groups in total. The van der Waals surface area contributed by atoms with Gasteiger partial charge in [0.2, 0.25) is 0 Å². The smallest absolute Gasteiger partial charge is 0.0633 e. The predicted octanol–water partition coefficient (Wildman–Crippen LogP) is 3.79. The van der Waals surface area contributed by atoms with Gasteiger partial charge in [-0.2, -0.15) is 0 Å². The average Bonchev–Trinajstić information content (AvgIpc) is 2.44. The Morgan fingerprint density at radius 3 is 1.40 bits per heavy atom. The van der Waals surface area contributed by atoms with Crippen LogP contribution in [-0.2, 0) is 0 Å². The van der Waals surface area contributed by atoms with Crippen molar-refractivity contribution < 1.29 is 10.2 Å². The third-order valence-electron chi connectivity index (χ3n) is 3.91. The number of halogens is 1. The second-order valence-electron chi connectivity index (χ2n) is 5.96. The summed E-state index contributed by atoms with van der Waals surface area (Å²) in [7, 11) is 0. The Morgan fingerprint density at radius 2 is 1.05 bits per heavy atom. The first-order valence-electron chi connectivity index (χ1n) is 8.19. The van der Waals surface area contributed by atoms with Crippen LogP contribution in [0.3, 0.4) is 0 Å². The molecule has 0 saturated carbocycles. The number of nitrogens with two attached hydrogens (primary N) is 1. The van der Waals surface area contributed by atoms with Gasteiger partial charge in [-0.05, 0) is 6.42 Å². The fraction of sp³-hybridized carbons (Fsp3) is 1.00. The van der Waals surface area contributed by atoms with Gasteiger partial charge in [-0.3, -0.25) is 0 Å². The molecule has 124 valence electrons. The minimum absolute atomic E-state index is 0.